The molecule has 2 unspecified atom stereocenters. The lowest BCUT2D eigenvalue weighted by atomic mass is 9.85. The van der Waals surface area contributed by atoms with Crippen molar-refractivity contribution in [3.8, 4) is 0 Å². The third-order valence-corrected chi connectivity index (χ3v) is 9.07. The summed E-state index contributed by atoms with van der Waals surface area (Å²) in [5, 5.41) is 8.60. The minimum absolute atomic E-state index is 0.0616. The highest BCUT2D eigenvalue weighted by atomic mass is 32.2. The first kappa shape index (κ1) is 17.6. The smallest absolute Gasteiger partial charge is 0.246 e. The lowest BCUT2D eigenvalue weighted by molar-refractivity contribution is 0.225. The number of nitrogens with zero attached hydrogens (tertiary/aromatic N) is 6. The summed E-state index contributed by atoms with van der Waals surface area (Å²) >= 11 is 0. The molecule has 3 aromatic rings. The molecular formula is C20H24N6O2S. The molecule has 0 radical (unpaired) electrons. The highest BCUT2D eigenvalue weighted by Gasteiger charge is 2.48. The van der Waals surface area contributed by atoms with Gasteiger partial charge in [-0.25, -0.2) is 17.9 Å². The van der Waals surface area contributed by atoms with E-state index in [9.17, 15) is 8.42 Å². The van der Waals surface area contributed by atoms with Crippen molar-refractivity contribution in [2.24, 2.45) is 0 Å². The van der Waals surface area contributed by atoms with E-state index in [0.717, 1.165) is 56.4 Å². The molecule has 9 heteroatoms. The number of hydrogen-bond acceptors (Lipinski definition) is 5. The van der Waals surface area contributed by atoms with Crippen LogP contribution >= 0.6 is 0 Å². The number of sulfonamides is 1. The molecule has 6 heterocycles. The second-order valence-electron chi connectivity index (χ2n) is 8.65. The zero-order valence-electron chi connectivity index (χ0n) is 16.4. The molecule has 0 aliphatic carbocycles. The Balaban J connectivity index is 1.33. The van der Waals surface area contributed by atoms with Gasteiger partial charge in [-0.2, -0.15) is 14.5 Å². The van der Waals surface area contributed by atoms with Crippen molar-refractivity contribution in [1.82, 2.24) is 28.7 Å². The third-order valence-electron chi connectivity index (χ3n) is 7.02. The van der Waals surface area contributed by atoms with Gasteiger partial charge in [-0.1, -0.05) is 0 Å². The molecule has 152 valence electrons. The first-order chi connectivity index (χ1) is 14.0. The molecule has 3 aromatic heterocycles. The fourth-order valence-electron chi connectivity index (χ4n) is 5.74. The van der Waals surface area contributed by atoms with Crippen molar-refractivity contribution < 1.29 is 8.42 Å². The largest absolute Gasteiger partial charge is 0.268 e. The molecule has 2 bridgehead atoms. The molecule has 0 saturated carbocycles. The topological polar surface area (TPSA) is 85.4 Å². The Bertz CT molecular complexity index is 1200. The number of pyridine rings is 1. The Hall–Kier alpha value is -2.26. The number of fused-ring (bicyclic) bond motifs is 4. The quantitative estimate of drug-likeness (QED) is 0.659. The molecule has 0 amide bonds. The van der Waals surface area contributed by atoms with Crippen LogP contribution in [0.1, 0.15) is 54.8 Å². The Morgan fingerprint density at radius 1 is 1.14 bits per heavy atom. The van der Waals surface area contributed by atoms with E-state index in [4.69, 9.17) is 0 Å². The van der Waals surface area contributed by atoms with Gasteiger partial charge in [-0.15, -0.1) is 0 Å². The molecule has 3 aliphatic rings. The minimum atomic E-state index is -3.50. The van der Waals surface area contributed by atoms with Gasteiger partial charge in [0.1, 0.15) is 11.2 Å². The van der Waals surface area contributed by atoms with Crippen LogP contribution in [0.25, 0.3) is 5.65 Å². The molecule has 3 aliphatic heterocycles. The van der Waals surface area contributed by atoms with Gasteiger partial charge in [0.05, 0.1) is 11.9 Å². The summed E-state index contributed by atoms with van der Waals surface area (Å²) in [6.07, 6.45) is 10.6. The summed E-state index contributed by atoms with van der Waals surface area (Å²) in [6, 6.07) is 2.20. The average Bonchev–Trinajstić information content (AvgIpc) is 3.44. The SMILES string of the molecule is Cc1cc2ncnn2cc1C1CC2CCC(C1)N2S(=O)(=O)c1cnn2c1CCC2. The van der Waals surface area contributed by atoms with Crippen LogP contribution in [0.4, 0.5) is 0 Å². The molecule has 2 saturated heterocycles. The summed E-state index contributed by atoms with van der Waals surface area (Å²) in [5.41, 5.74) is 4.22. The van der Waals surface area contributed by atoms with Crippen molar-refractivity contribution in [3.63, 3.8) is 0 Å². The Morgan fingerprint density at radius 3 is 2.72 bits per heavy atom. The summed E-state index contributed by atoms with van der Waals surface area (Å²) in [4.78, 5) is 4.70. The van der Waals surface area contributed by atoms with Crippen LogP contribution in [-0.2, 0) is 23.0 Å². The second-order valence-corrected chi connectivity index (χ2v) is 10.5. The van der Waals surface area contributed by atoms with E-state index < -0.39 is 10.0 Å². The Kier molecular flexibility index (Phi) is 3.71. The maximum Gasteiger partial charge on any atom is 0.246 e. The predicted molar refractivity (Wildman–Crippen MR) is 106 cm³/mol. The standard InChI is InChI=1S/C20H24N6O2S/c1-13-7-20-21-12-23-25(20)11-17(13)14-8-15-4-5-16(9-14)26(15)29(27,28)19-10-22-24-6-2-3-18(19)24/h7,10-12,14-16H,2-6,8-9H2,1H3. The third kappa shape index (κ3) is 2.53. The van der Waals surface area contributed by atoms with E-state index in [1.54, 1.807) is 12.5 Å². The summed E-state index contributed by atoms with van der Waals surface area (Å²) < 4.78 is 32.6. The second kappa shape index (κ2) is 6.12. The van der Waals surface area contributed by atoms with Gasteiger partial charge in [0.2, 0.25) is 10.0 Å². The normalized spacial score (nSPS) is 27.0. The summed E-state index contributed by atoms with van der Waals surface area (Å²) in [6.45, 7) is 2.94. The van der Waals surface area contributed by atoms with Gasteiger partial charge in [-0.3, -0.25) is 4.68 Å². The zero-order valence-corrected chi connectivity index (χ0v) is 17.2. The molecule has 0 N–H and O–H groups in total. The van der Waals surface area contributed by atoms with Gasteiger partial charge >= 0.3 is 0 Å². The van der Waals surface area contributed by atoms with Crippen LogP contribution in [0.2, 0.25) is 0 Å². The number of aromatic nitrogens is 5. The fourth-order valence-corrected chi connectivity index (χ4v) is 7.82. The molecule has 0 aromatic carbocycles. The molecule has 8 nitrogen and oxygen atoms in total. The van der Waals surface area contributed by atoms with E-state index in [1.807, 2.05) is 13.5 Å². The van der Waals surface area contributed by atoms with Gasteiger partial charge in [-0.05, 0) is 68.6 Å². The Morgan fingerprint density at radius 2 is 1.93 bits per heavy atom. The van der Waals surface area contributed by atoms with Crippen molar-refractivity contribution in [3.05, 3.63) is 41.6 Å². The van der Waals surface area contributed by atoms with Gasteiger partial charge < -0.3 is 0 Å². The van der Waals surface area contributed by atoms with Crippen molar-refractivity contribution >= 4 is 15.7 Å². The molecule has 6 rings (SSSR count). The first-order valence-corrected chi connectivity index (χ1v) is 11.8. The van der Waals surface area contributed by atoms with Crippen LogP contribution in [-0.4, -0.2) is 49.2 Å². The maximum atomic E-state index is 13.6. The van der Waals surface area contributed by atoms with E-state index in [-0.39, 0.29) is 12.1 Å². The minimum Gasteiger partial charge on any atom is -0.268 e. The Labute approximate surface area is 169 Å². The number of aryl methyl sites for hydroxylation is 2. The summed E-state index contributed by atoms with van der Waals surface area (Å²) in [7, 11) is -3.50. The zero-order chi connectivity index (χ0) is 19.8. The van der Waals surface area contributed by atoms with Crippen LogP contribution in [0.5, 0.6) is 0 Å². The van der Waals surface area contributed by atoms with Crippen LogP contribution in [0, 0.1) is 6.92 Å². The van der Waals surface area contributed by atoms with Crippen molar-refractivity contribution in [1.29, 1.82) is 0 Å². The number of piperidine rings is 1. The predicted octanol–water partition coefficient (Wildman–Crippen LogP) is 2.28. The van der Waals surface area contributed by atoms with Gasteiger partial charge in [0, 0.05) is 24.8 Å². The highest BCUT2D eigenvalue weighted by molar-refractivity contribution is 7.89. The molecule has 0 spiro atoms. The number of rotatable bonds is 3. The van der Waals surface area contributed by atoms with E-state index in [0.29, 0.717) is 10.8 Å². The van der Waals surface area contributed by atoms with E-state index in [1.165, 1.54) is 11.1 Å². The molecule has 29 heavy (non-hydrogen) atoms. The average molecular weight is 413 g/mol. The molecule has 2 fully saturated rings. The fraction of sp³-hybridized carbons (Fsp3) is 0.550. The summed E-state index contributed by atoms with van der Waals surface area (Å²) in [5.74, 6) is 0.352. The van der Waals surface area contributed by atoms with Crippen LogP contribution in [0.15, 0.2) is 29.7 Å². The van der Waals surface area contributed by atoms with Crippen molar-refractivity contribution in [2.75, 3.05) is 0 Å². The van der Waals surface area contributed by atoms with Gasteiger partial charge in [0.15, 0.2) is 5.65 Å². The lowest BCUT2D eigenvalue weighted by Crippen LogP contribution is -2.46. The first-order valence-electron chi connectivity index (χ1n) is 10.4. The molecular weight excluding hydrogens is 388 g/mol. The van der Waals surface area contributed by atoms with Gasteiger partial charge in [0.25, 0.3) is 0 Å². The monoisotopic (exact) mass is 412 g/mol. The molecule has 2 atom stereocenters. The van der Waals surface area contributed by atoms with Crippen LogP contribution in [0.3, 0.4) is 0 Å². The van der Waals surface area contributed by atoms with E-state index in [2.05, 4.69) is 34.4 Å². The van der Waals surface area contributed by atoms with Crippen LogP contribution < -0.4 is 0 Å². The number of hydrogen-bond donors (Lipinski definition) is 0. The highest BCUT2D eigenvalue weighted by Crippen LogP contribution is 2.46. The maximum absolute atomic E-state index is 13.6. The van der Waals surface area contributed by atoms with E-state index >= 15 is 0 Å². The lowest BCUT2D eigenvalue weighted by Gasteiger charge is -2.38. The van der Waals surface area contributed by atoms with Crippen molar-refractivity contribution in [2.45, 2.75) is 74.9 Å².